The van der Waals surface area contributed by atoms with Gasteiger partial charge in [0.25, 0.3) is 0 Å². The number of benzene rings is 1. The number of rotatable bonds is 2. The number of carbonyl (C=O) groups excluding carboxylic acids is 1. The zero-order valence-corrected chi connectivity index (χ0v) is 12.4. The normalized spacial score (nSPS) is 10.7. The van der Waals surface area contributed by atoms with Crippen molar-refractivity contribution in [1.29, 1.82) is 0 Å². The van der Waals surface area contributed by atoms with Gasteiger partial charge in [-0.15, -0.1) is 0 Å². The summed E-state index contributed by atoms with van der Waals surface area (Å²) in [5.41, 5.74) is 0.959. The van der Waals surface area contributed by atoms with Gasteiger partial charge in [0, 0.05) is 21.1 Å². The molecule has 94 valence electrons. The van der Waals surface area contributed by atoms with Crippen LogP contribution in [0.5, 0.6) is 0 Å². The highest BCUT2D eigenvalue weighted by atomic mass is 79.9. The van der Waals surface area contributed by atoms with Crippen LogP contribution in [-0.2, 0) is 4.74 Å². The number of hydrogen-bond acceptors (Lipinski definition) is 3. The molecule has 0 aliphatic rings. The summed E-state index contributed by atoms with van der Waals surface area (Å²) in [4.78, 5) is 15.9. The first-order valence-electron chi connectivity index (χ1n) is 5.15. The average molecular weight is 349 g/mol. The van der Waals surface area contributed by atoms with Crippen LogP contribution in [0.15, 0.2) is 22.8 Å². The number of carbonyl (C=O) groups is 1. The first-order chi connectivity index (χ1) is 8.54. The predicted molar refractivity (Wildman–Crippen MR) is 75.4 cm³/mol. The summed E-state index contributed by atoms with van der Waals surface area (Å²) in [6.45, 7) is 2.05. The molecule has 0 saturated carbocycles. The Balaban J connectivity index is 2.67. The molecule has 3 nitrogen and oxygen atoms in total. The molecule has 18 heavy (non-hydrogen) atoms. The highest BCUT2D eigenvalue weighted by Gasteiger charge is 2.16. The summed E-state index contributed by atoms with van der Waals surface area (Å²) in [6, 6.07) is 3.29. The zero-order valence-electron chi connectivity index (χ0n) is 9.34. The van der Waals surface area contributed by atoms with Gasteiger partial charge in [0.15, 0.2) is 0 Å². The third kappa shape index (κ3) is 2.46. The van der Waals surface area contributed by atoms with Crippen molar-refractivity contribution in [3.8, 4) is 0 Å². The molecule has 0 bridgehead atoms. The number of fused-ring (bicyclic) bond motifs is 1. The summed E-state index contributed by atoms with van der Waals surface area (Å²) in [5.74, 6) is -0.440. The fraction of sp³-hybridized carbons (Fsp3) is 0.167. The maximum Gasteiger partial charge on any atom is 0.340 e. The van der Waals surface area contributed by atoms with Gasteiger partial charge < -0.3 is 4.74 Å². The van der Waals surface area contributed by atoms with E-state index in [-0.39, 0.29) is 0 Å². The second-order valence-electron chi connectivity index (χ2n) is 3.49. The molecule has 0 unspecified atom stereocenters. The molecule has 0 fully saturated rings. The Morgan fingerprint density at radius 1 is 1.44 bits per heavy atom. The van der Waals surface area contributed by atoms with Gasteiger partial charge in [0.05, 0.1) is 22.7 Å². The topological polar surface area (TPSA) is 39.2 Å². The fourth-order valence-electron chi connectivity index (χ4n) is 1.56. The maximum absolute atomic E-state index is 11.7. The lowest BCUT2D eigenvalue weighted by atomic mass is 10.1. The van der Waals surface area contributed by atoms with Gasteiger partial charge >= 0.3 is 5.97 Å². The van der Waals surface area contributed by atoms with E-state index in [1.165, 1.54) is 6.20 Å². The van der Waals surface area contributed by atoms with Crippen LogP contribution in [0.2, 0.25) is 10.0 Å². The van der Waals surface area contributed by atoms with Crippen molar-refractivity contribution in [1.82, 2.24) is 4.98 Å². The van der Waals surface area contributed by atoms with Crippen molar-refractivity contribution in [3.05, 3.63) is 38.4 Å². The molecule has 2 rings (SSSR count). The van der Waals surface area contributed by atoms with Crippen molar-refractivity contribution >= 4 is 56.0 Å². The van der Waals surface area contributed by atoms with Crippen LogP contribution in [0.1, 0.15) is 17.3 Å². The molecule has 1 aromatic heterocycles. The second kappa shape index (κ2) is 5.43. The molecule has 0 atom stereocenters. The number of nitrogens with zero attached hydrogens (tertiary/aromatic N) is 1. The van der Waals surface area contributed by atoms with Crippen molar-refractivity contribution < 1.29 is 9.53 Å². The average Bonchev–Trinajstić information content (AvgIpc) is 2.28. The highest BCUT2D eigenvalue weighted by Crippen LogP contribution is 2.34. The Morgan fingerprint density at radius 3 is 2.83 bits per heavy atom. The van der Waals surface area contributed by atoms with E-state index >= 15 is 0 Å². The summed E-state index contributed by atoms with van der Waals surface area (Å²) in [5, 5.41) is 1.57. The SMILES string of the molecule is CCOC(=O)c1cnc2cc(Cl)cc(Cl)c2c1Br. The zero-order chi connectivity index (χ0) is 13.3. The van der Waals surface area contributed by atoms with Crippen LogP contribution >= 0.6 is 39.1 Å². The van der Waals surface area contributed by atoms with Gasteiger partial charge in [-0.3, -0.25) is 4.98 Å². The van der Waals surface area contributed by atoms with Gasteiger partial charge in [-0.1, -0.05) is 23.2 Å². The van der Waals surface area contributed by atoms with E-state index in [1.807, 2.05) is 0 Å². The van der Waals surface area contributed by atoms with E-state index < -0.39 is 5.97 Å². The van der Waals surface area contributed by atoms with Crippen molar-refractivity contribution in [2.75, 3.05) is 6.61 Å². The Kier molecular flexibility index (Phi) is 4.10. The van der Waals surface area contributed by atoms with Crippen molar-refractivity contribution in [3.63, 3.8) is 0 Å². The minimum atomic E-state index is -0.440. The van der Waals surface area contributed by atoms with Crippen molar-refractivity contribution in [2.24, 2.45) is 0 Å². The van der Waals surface area contributed by atoms with Gasteiger partial charge in [-0.05, 0) is 35.0 Å². The molecule has 0 amide bonds. The predicted octanol–water partition coefficient (Wildman–Crippen LogP) is 4.48. The summed E-state index contributed by atoms with van der Waals surface area (Å²) in [6.07, 6.45) is 1.44. The molecule has 0 saturated heterocycles. The third-order valence-corrected chi connectivity index (χ3v) is 3.66. The number of esters is 1. The Morgan fingerprint density at radius 2 is 2.17 bits per heavy atom. The summed E-state index contributed by atoms with van der Waals surface area (Å²) < 4.78 is 5.51. The van der Waals surface area contributed by atoms with Crippen LogP contribution in [-0.4, -0.2) is 17.6 Å². The molecule has 2 aromatic rings. The summed E-state index contributed by atoms with van der Waals surface area (Å²) in [7, 11) is 0. The van der Waals surface area contributed by atoms with E-state index in [2.05, 4.69) is 20.9 Å². The molecule has 0 N–H and O–H groups in total. The minimum absolute atomic E-state index is 0.303. The van der Waals surface area contributed by atoms with Gasteiger partial charge in [-0.2, -0.15) is 0 Å². The lowest BCUT2D eigenvalue weighted by Gasteiger charge is -2.08. The lowest BCUT2D eigenvalue weighted by molar-refractivity contribution is 0.0525. The number of hydrogen-bond donors (Lipinski definition) is 0. The Bertz CT molecular complexity index is 631. The van der Waals surface area contributed by atoms with Crippen LogP contribution in [0.3, 0.4) is 0 Å². The number of ether oxygens (including phenoxy) is 1. The molecular formula is C12H8BrCl2NO2. The Labute approximate surface area is 122 Å². The van der Waals surface area contributed by atoms with Crippen molar-refractivity contribution in [2.45, 2.75) is 6.92 Å². The van der Waals surface area contributed by atoms with Crippen LogP contribution in [0.4, 0.5) is 0 Å². The maximum atomic E-state index is 11.7. The molecule has 1 heterocycles. The van der Waals surface area contributed by atoms with Crippen LogP contribution in [0.25, 0.3) is 10.9 Å². The molecule has 0 aliphatic carbocycles. The first kappa shape index (κ1) is 13.6. The van der Waals surface area contributed by atoms with E-state index in [0.717, 1.165) is 0 Å². The quantitative estimate of drug-likeness (QED) is 0.751. The molecule has 1 aromatic carbocycles. The van der Waals surface area contributed by atoms with E-state index in [9.17, 15) is 4.79 Å². The van der Waals surface area contributed by atoms with E-state index in [0.29, 0.717) is 37.6 Å². The smallest absolute Gasteiger partial charge is 0.340 e. The molecule has 0 radical (unpaired) electrons. The highest BCUT2D eigenvalue weighted by molar-refractivity contribution is 9.10. The van der Waals surface area contributed by atoms with Gasteiger partial charge in [-0.25, -0.2) is 4.79 Å². The molecule has 0 aliphatic heterocycles. The second-order valence-corrected chi connectivity index (χ2v) is 5.12. The van der Waals surface area contributed by atoms with Crippen LogP contribution in [0, 0.1) is 0 Å². The lowest BCUT2D eigenvalue weighted by Crippen LogP contribution is -2.06. The Hall–Kier alpha value is -0.840. The van der Waals surface area contributed by atoms with Gasteiger partial charge in [0.1, 0.15) is 0 Å². The number of pyridine rings is 1. The monoisotopic (exact) mass is 347 g/mol. The molecule has 0 spiro atoms. The standard InChI is InChI=1S/C12H8BrCl2NO2/c1-2-18-12(17)7-5-16-9-4-6(14)3-8(15)10(9)11(7)13/h3-5H,2H2,1H3. The first-order valence-corrected chi connectivity index (χ1v) is 6.70. The van der Waals surface area contributed by atoms with E-state index in [1.54, 1.807) is 19.1 Å². The third-order valence-electron chi connectivity index (χ3n) is 2.32. The summed E-state index contributed by atoms with van der Waals surface area (Å²) >= 11 is 15.4. The van der Waals surface area contributed by atoms with E-state index in [4.69, 9.17) is 27.9 Å². The van der Waals surface area contributed by atoms with Crippen LogP contribution < -0.4 is 0 Å². The molecular weight excluding hydrogens is 341 g/mol. The van der Waals surface area contributed by atoms with Gasteiger partial charge in [0.2, 0.25) is 0 Å². The molecule has 6 heteroatoms. The minimum Gasteiger partial charge on any atom is -0.462 e. The number of halogens is 3. The number of aromatic nitrogens is 1. The fourth-order valence-corrected chi connectivity index (χ4v) is 2.93. The largest absolute Gasteiger partial charge is 0.462 e.